The predicted molar refractivity (Wildman–Crippen MR) is 105 cm³/mol. The summed E-state index contributed by atoms with van der Waals surface area (Å²) >= 11 is 0. The zero-order chi connectivity index (χ0) is 18.9. The van der Waals surface area contributed by atoms with Crippen molar-refractivity contribution in [1.82, 2.24) is 15.1 Å². The van der Waals surface area contributed by atoms with Crippen LogP contribution >= 0.6 is 0 Å². The number of benzene rings is 1. The molecule has 1 aromatic carbocycles. The second-order valence-corrected chi connectivity index (χ2v) is 8.72. The molecule has 146 valence electrons. The Balaban J connectivity index is 1.33. The molecule has 3 aliphatic rings. The van der Waals surface area contributed by atoms with Gasteiger partial charge in [0.25, 0.3) is 0 Å². The summed E-state index contributed by atoms with van der Waals surface area (Å²) in [4.78, 5) is 29.6. The largest absolute Gasteiger partial charge is 0.353 e. The van der Waals surface area contributed by atoms with Gasteiger partial charge in [-0.15, -0.1) is 0 Å². The van der Waals surface area contributed by atoms with Crippen LogP contribution in [0.15, 0.2) is 24.3 Å². The highest BCUT2D eigenvalue weighted by Gasteiger charge is 2.48. The van der Waals surface area contributed by atoms with Gasteiger partial charge in [0.15, 0.2) is 0 Å². The highest BCUT2D eigenvalue weighted by atomic mass is 16.2. The number of aryl methyl sites for hydroxylation is 1. The number of hydrogen-bond donors (Lipinski definition) is 1. The molecule has 27 heavy (non-hydrogen) atoms. The topological polar surface area (TPSA) is 52.6 Å². The molecule has 3 fully saturated rings. The Morgan fingerprint density at radius 3 is 2.89 bits per heavy atom. The lowest BCUT2D eigenvalue weighted by Crippen LogP contribution is -2.49. The minimum Gasteiger partial charge on any atom is -0.353 e. The molecule has 1 spiro atoms. The Morgan fingerprint density at radius 2 is 2.11 bits per heavy atom. The fourth-order valence-corrected chi connectivity index (χ4v) is 4.65. The number of rotatable bonds is 6. The first kappa shape index (κ1) is 18.5. The number of likely N-dealkylation sites (tertiary alicyclic amines) is 2. The molecule has 2 aliphatic heterocycles. The van der Waals surface area contributed by atoms with Crippen LogP contribution in [0.4, 0.5) is 0 Å². The lowest BCUT2D eigenvalue weighted by molar-refractivity contribution is -0.146. The predicted octanol–water partition coefficient (Wildman–Crippen LogP) is 2.48. The number of nitrogens with one attached hydrogen (secondary N) is 1. The van der Waals surface area contributed by atoms with Crippen LogP contribution < -0.4 is 5.32 Å². The van der Waals surface area contributed by atoms with Crippen LogP contribution in [0.3, 0.4) is 0 Å². The molecule has 4 rings (SSSR count). The molecule has 2 amide bonds. The third-order valence-electron chi connectivity index (χ3n) is 6.31. The van der Waals surface area contributed by atoms with Crippen LogP contribution in [0.5, 0.6) is 0 Å². The van der Waals surface area contributed by atoms with E-state index in [1.165, 1.54) is 11.1 Å². The van der Waals surface area contributed by atoms with Crippen molar-refractivity contribution in [2.75, 3.05) is 26.2 Å². The summed E-state index contributed by atoms with van der Waals surface area (Å²) in [5.74, 6) is 0.481. The van der Waals surface area contributed by atoms with Gasteiger partial charge in [0, 0.05) is 38.6 Å². The van der Waals surface area contributed by atoms with Crippen LogP contribution in [0.25, 0.3) is 0 Å². The first-order valence-corrected chi connectivity index (χ1v) is 10.4. The number of piperidine rings is 1. The van der Waals surface area contributed by atoms with Crippen molar-refractivity contribution in [3.63, 3.8) is 0 Å². The van der Waals surface area contributed by atoms with Gasteiger partial charge >= 0.3 is 0 Å². The van der Waals surface area contributed by atoms with Gasteiger partial charge in [-0.25, -0.2) is 0 Å². The SMILES string of the molecule is Cc1cccc(CN2CCCC3(CCN(CCC(=O)NC4CC4)C3)C2=O)c1. The van der Waals surface area contributed by atoms with E-state index in [0.29, 0.717) is 24.9 Å². The maximum absolute atomic E-state index is 13.3. The minimum absolute atomic E-state index is 0.162. The van der Waals surface area contributed by atoms with Crippen LogP contribution in [0, 0.1) is 12.3 Å². The van der Waals surface area contributed by atoms with Crippen molar-refractivity contribution in [2.24, 2.45) is 5.41 Å². The molecule has 1 N–H and O–H groups in total. The zero-order valence-corrected chi connectivity index (χ0v) is 16.4. The van der Waals surface area contributed by atoms with E-state index in [4.69, 9.17) is 0 Å². The van der Waals surface area contributed by atoms with E-state index in [1.807, 2.05) is 0 Å². The number of carbonyl (C=O) groups is 2. The molecule has 1 atom stereocenters. The van der Waals surface area contributed by atoms with Crippen molar-refractivity contribution >= 4 is 11.8 Å². The quantitative estimate of drug-likeness (QED) is 0.838. The molecule has 5 heteroatoms. The van der Waals surface area contributed by atoms with Crippen molar-refractivity contribution in [3.05, 3.63) is 35.4 Å². The Labute approximate surface area is 162 Å². The molecule has 0 radical (unpaired) electrons. The third-order valence-corrected chi connectivity index (χ3v) is 6.31. The van der Waals surface area contributed by atoms with E-state index in [1.54, 1.807) is 0 Å². The highest BCUT2D eigenvalue weighted by Crippen LogP contribution is 2.40. The van der Waals surface area contributed by atoms with E-state index >= 15 is 0 Å². The second-order valence-electron chi connectivity index (χ2n) is 8.72. The van der Waals surface area contributed by atoms with Gasteiger partial charge in [-0.3, -0.25) is 9.59 Å². The van der Waals surface area contributed by atoms with E-state index in [-0.39, 0.29) is 11.3 Å². The van der Waals surface area contributed by atoms with Crippen LogP contribution in [0.2, 0.25) is 0 Å². The Morgan fingerprint density at radius 1 is 1.26 bits per heavy atom. The lowest BCUT2D eigenvalue weighted by atomic mass is 9.78. The average Bonchev–Trinajstić information content (AvgIpc) is 3.36. The first-order valence-electron chi connectivity index (χ1n) is 10.4. The van der Waals surface area contributed by atoms with E-state index in [0.717, 1.165) is 58.3 Å². The fourth-order valence-electron chi connectivity index (χ4n) is 4.65. The van der Waals surface area contributed by atoms with Gasteiger partial charge in [-0.05, 0) is 51.1 Å². The average molecular weight is 370 g/mol. The fraction of sp³-hybridized carbons (Fsp3) is 0.636. The molecule has 0 bridgehead atoms. The number of hydrogen-bond acceptors (Lipinski definition) is 3. The molecule has 1 aromatic rings. The maximum atomic E-state index is 13.3. The molecule has 1 saturated carbocycles. The summed E-state index contributed by atoms with van der Waals surface area (Å²) in [5.41, 5.74) is 2.23. The van der Waals surface area contributed by atoms with Gasteiger partial charge in [0.2, 0.25) is 11.8 Å². The minimum atomic E-state index is -0.227. The molecule has 1 unspecified atom stereocenters. The Hall–Kier alpha value is -1.88. The summed E-state index contributed by atoms with van der Waals surface area (Å²) in [6.45, 7) is 6.18. The van der Waals surface area contributed by atoms with Crippen molar-refractivity contribution < 1.29 is 9.59 Å². The van der Waals surface area contributed by atoms with Crippen LogP contribution in [-0.2, 0) is 16.1 Å². The van der Waals surface area contributed by atoms with Crippen molar-refractivity contribution in [3.8, 4) is 0 Å². The second kappa shape index (κ2) is 7.63. The zero-order valence-electron chi connectivity index (χ0n) is 16.4. The van der Waals surface area contributed by atoms with Crippen LogP contribution in [0.1, 0.15) is 49.7 Å². The summed E-state index contributed by atoms with van der Waals surface area (Å²) in [6, 6.07) is 8.88. The van der Waals surface area contributed by atoms with Gasteiger partial charge in [-0.2, -0.15) is 0 Å². The maximum Gasteiger partial charge on any atom is 0.230 e. The van der Waals surface area contributed by atoms with E-state index < -0.39 is 0 Å². The number of nitrogens with zero attached hydrogens (tertiary/aromatic N) is 2. The summed E-state index contributed by atoms with van der Waals surface area (Å²) in [6.07, 6.45) is 5.80. The molecule has 2 heterocycles. The van der Waals surface area contributed by atoms with Crippen molar-refractivity contribution in [1.29, 1.82) is 0 Å². The monoisotopic (exact) mass is 369 g/mol. The standard InChI is InChI=1S/C22H31N3O2/c1-17-4-2-5-18(14-17)15-25-11-3-9-22(21(25)27)10-13-24(16-22)12-8-20(26)23-19-6-7-19/h2,4-5,14,19H,3,6-13,15-16H2,1H3,(H,23,26). The molecule has 0 aromatic heterocycles. The number of amides is 2. The first-order chi connectivity index (χ1) is 13.0. The van der Waals surface area contributed by atoms with E-state index in [9.17, 15) is 9.59 Å². The highest BCUT2D eigenvalue weighted by molar-refractivity contribution is 5.84. The summed E-state index contributed by atoms with van der Waals surface area (Å²) in [5, 5.41) is 3.06. The smallest absolute Gasteiger partial charge is 0.230 e. The Kier molecular flexibility index (Phi) is 5.22. The van der Waals surface area contributed by atoms with E-state index in [2.05, 4.69) is 46.3 Å². The lowest BCUT2D eigenvalue weighted by Gasteiger charge is -2.39. The molecule has 5 nitrogen and oxygen atoms in total. The molecular weight excluding hydrogens is 338 g/mol. The van der Waals surface area contributed by atoms with Gasteiger partial charge < -0.3 is 15.1 Å². The van der Waals surface area contributed by atoms with Gasteiger partial charge in [0.1, 0.15) is 0 Å². The molecule has 1 aliphatic carbocycles. The Bertz CT molecular complexity index is 715. The summed E-state index contributed by atoms with van der Waals surface area (Å²) < 4.78 is 0. The summed E-state index contributed by atoms with van der Waals surface area (Å²) in [7, 11) is 0. The molecular formula is C22H31N3O2. The third kappa shape index (κ3) is 4.34. The van der Waals surface area contributed by atoms with Crippen molar-refractivity contribution in [2.45, 2.75) is 58.0 Å². The normalized spacial score (nSPS) is 26.0. The van der Waals surface area contributed by atoms with Crippen LogP contribution in [-0.4, -0.2) is 53.8 Å². The molecule has 2 saturated heterocycles. The van der Waals surface area contributed by atoms with Gasteiger partial charge in [-0.1, -0.05) is 29.8 Å². The van der Waals surface area contributed by atoms with Gasteiger partial charge in [0.05, 0.1) is 5.41 Å². The number of carbonyl (C=O) groups excluding carboxylic acids is 2.